The van der Waals surface area contributed by atoms with Crippen LogP contribution in [0.25, 0.3) is 0 Å². The Morgan fingerprint density at radius 1 is 0.291 bits per heavy atom. The molecule has 4 N–H and O–H groups in total. The quantitative estimate of drug-likeness (QED) is 0.0350. The van der Waals surface area contributed by atoms with Crippen LogP contribution >= 0.6 is 0 Å². The number of benzene rings is 4. The van der Waals surface area contributed by atoms with E-state index < -0.39 is 88.6 Å². The Labute approximate surface area is 516 Å². The molecule has 0 heterocycles. The van der Waals surface area contributed by atoms with Crippen molar-refractivity contribution in [1.29, 1.82) is 0 Å². The van der Waals surface area contributed by atoms with E-state index in [9.17, 15) is 39.6 Å². The average Bonchev–Trinajstić information content (AvgIpc) is 1.09. The van der Waals surface area contributed by atoms with Crippen LogP contribution in [0.3, 0.4) is 0 Å². The second-order valence-electron chi connectivity index (χ2n) is 32.1. The Hall–Kier alpha value is -6.08. The van der Waals surface area contributed by atoms with Gasteiger partial charge >= 0.3 is 23.9 Å². The Morgan fingerprint density at radius 2 is 0.453 bits per heavy atom. The summed E-state index contributed by atoms with van der Waals surface area (Å²) in [4.78, 5) is 55.8. The summed E-state index contributed by atoms with van der Waals surface area (Å²) < 4.78 is 30.2. The molecular weight excluding hydrogens is 1080 g/mol. The highest BCUT2D eigenvalue weighted by Gasteiger charge is 2.39. The number of phenols is 4. The van der Waals surface area contributed by atoms with Gasteiger partial charge in [-0.2, -0.15) is 0 Å². The zero-order valence-electron chi connectivity index (χ0n) is 57.1. The number of rotatable bonds is 21. The first kappa shape index (κ1) is 72.4. The average molecular weight is 1190 g/mol. The Morgan fingerprint density at radius 3 is 0.616 bits per heavy atom. The van der Waals surface area contributed by atoms with Gasteiger partial charge in [0.2, 0.25) is 0 Å². The molecule has 0 radical (unpaired) electrons. The summed E-state index contributed by atoms with van der Waals surface area (Å²) in [6.07, 6.45) is 0.720. The predicted octanol–water partition coefficient (Wildman–Crippen LogP) is 15.6. The molecule has 13 heteroatoms. The number of hydrogen-bond donors (Lipinski definition) is 4. The second-order valence-corrected chi connectivity index (χ2v) is 32.1. The normalized spacial score (nSPS) is 13.2. The van der Waals surface area contributed by atoms with Crippen LogP contribution in [0.5, 0.6) is 23.0 Å². The fraction of sp³-hybridized carbons (Fsp3) is 0.616. The van der Waals surface area contributed by atoms with Crippen molar-refractivity contribution in [2.24, 2.45) is 0 Å². The first-order valence-electron chi connectivity index (χ1n) is 30.7. The van der Waals surface area contributed by atoms with E-state index in [1.54, 1.807) is 0 Å². The number of phenolic OH excluding ortho intramolecular Hbond substituents is 4. The highest BCUT2D eigenvalue weighted by molar-refractivity contribution is 5.72. The van der Waals surface area contributed by atoms with Gasteiger partial charge in [0.1, 0.15) is 42.8 Å². The number of aromatic hydroxyl groups is 4. The first-order chi connectivity index (χ1) is 38.9. The third-order valence-electron chi connectivity index (χ3n) is 15.7. The van der Waals surface area contributed by atoms with Crippen LogP contribution in [0.2, 0.25) is 0 Å². The second kappa shape index (κ2) is 27.1. The van der Waals surface area contributed by atoms with Gasteiger partial charge in [-0.25, -0.2) is 0 Å². The van der Waals surface area contributed by atoms with Crippen LogP contribution in [0.1, 0.15) is 259 Å². The van der Waals surface area contributed by atoms with Crippen LogP contribution in [0.4, 0.5) is 0 Å². The molecule has 0 atom stereocenters. The summed E-state index contributed by atoms with van der Waals surface area (Å²) >= 11 is 0. The largest absolute Gasteiger partial charge is 0.507 e. The number of aryl methyl sites for hydroxylation is 4. The van der Waals surface area contributed by atoms with E-state index in [-0.39, 0.29) is 85.2 Å². The first-order valence-corrected chi connectivity index (χ1v) is 30.7. The molecule has 0 saturated carbocycles. The molecule has 0 aliphatic carbocycles. The molecule has 86 heavy (non-hydrogen) atoms. The molecule has 13 nitrogen and oxygen atoms in total. The molecule has 0 spiro atoms. The highest BCUT2D eigenvalue weighted by atomic mass is 16.7. The predicted molar refractivity (Wildman–Crippen MR) is 343 cm³/mol. The van der Waals surface area contributed by atoms with Gasteiger partial charge in [-0.05, 0) is 136 Å². The summed E-state index contributed by atoms with van der Waals surface area (Å²) in [6, 6.07) is 15.3. The third kappa shape index (κ3) is 20.2. The van der Waals surface area contributed by atoms with Crippen molar-refractivity contribution in [3.8, 4) is 23.0 Å². The van der Waals surface area contributed by atoms with E-state index >= 15 is 0 Å². The molecule has 0 aromatic heterocycles. The summed E-state index contributed by atoms with van der Waals surface area (Å²) in [6.45, 7) is 46.0. The van der Waals surface area contributed by atoms with Crippen molar-refractivity contribution in [2.75, 3.05) is 26.6 Å². The molecule has 4 aromatic rings. The van der Waals surface area contributed by atoms with Crippen LogP contribution < -0.4 is 0 Å². The van der Waals surface area contributed by atoms with Crippen molar-refractivity contribution in [2.45, 2.75) is 266 Å². The summed E-state index contributed by atoms with van der Waals surface area (Å²) in [5.74, 6) is -1.66. The van der Waals surface area contributed by atoms with Gasteiger partial charge in [0.05, 0.1) is 0 Å². The van der Waals surface area contributed by atoms with E-state index in [1.807, 2.05) is 215 Å². The topological polar surface area (TPSA) is 195 Å². The number of carbonyl (C=O) groups excluding carboxylic acids is 4. The lowest BCUT2D eigenvalue weighted by atomic mass is 9.78. The maximum atomic E-state index is 14.0. The molecule has 0 aliphatic rings. The lowest BCUT2D eigenvalue weighted by Crippen LogP contribution is -2.49. The minimum atomic E-state index is -1.90. The zero-order valence-corrected chi connectivity index (χ0v) is 57.1. The van der Waals surface area contributed by atoms with Gasteiger partial charge in [0.15, 0.2) is 12.4 Å². The molecule has 0 unspecified atom stereocenters. The lowest BCUT2D eigenvalue weighted by Gasteiger charge is -2.32. The van der Waals surface area contributed by atoms with Gasteiger partial charge in [-0.15, -0.1) is 0 Å². The SMILES string of the molecule is CC(C)(C)c1cc(CCC(=O)OCOC(COC(=O)CCc2cc(C(C)(C)C)c(O)c(C(C)(C)C)c2)(COC(=O)CCc2cc(C(C)(C)C)c(O)c(C(C)(C)C)c2)COC(=O)CCc2cc(C(C)(C)C)c(O)c(C(C)(C)C)c2)cc(C(C)(C)C)c1O. The molecule has 4 aromatic carbocycles. The van der Waals surface area contributed by atoms with E-state index in [1.165, 1.54) is 0 Å². The number of hydrogen-bond acceptors (Lipinski definition) is 13. The van der Waals surface area contributed by atoms with Gasteiger partial charge in [-0.1, -0.05) is 215 Å². The molecule has 0 saturated heterocycles. The van der Waals surface area contributed by atoms with Gasteiger partial charge in [-0.3, -0.25) is 19.2 Å². The fourth-order valence-electron chi connectivity index (χ4n) is 10.3. The van der Waals surface area contributed by atoms with E-state index in [2.05, 4.69) is 0 Å². The van der Waals surface area contributed by atoms with Gasteiger partial charge < -0.3 is 44.1 Å². The minimum absolute atomic E-state index is 0.0609. The van der Waals surface area contributed by atoms with Crippen molar-refractivity contribution < 1.29 is 63.3 Å². The van der Waals surface area contributed by atoms with Crippen molar-refractivity contribution in [3.63, 3.8) is 0 Å². The maximum absolute atomic E-state index is 14.0. The number of esters is 4. The molecule has 4 rings (SSSR count). The fourth-order valence-corrected chi connectivity index (χ4v) is 10.3. The Balaban J connectivity index is 1.74. The van der Waals surface area contributed by atoms with Crippen LogP contribution in [-0.2, 0) is 112 Å². The van der Waals surface area contributed by atoms with Crippen LogP contribution in [-0.4, -0.2) is 76.5 Å². The smallest absolute Gasteiger partial charge is 0.308 e. The zero-order chi connectivity index (χ0) is 65.7. The van der Waals surface area contributed by atoms with Gasteiger partial charge in [0.25, 0.3) is 0 Å². The molecule has 478 valence electrons. The van der Waals surface area contributed by atoms with E-state index in [4.69, 9.17) is 23.7 Å². The maximum Gasteiger partial charge on any atom is 0.308 e. The molecular formula is C73H108O13. The Bertz CT molecular complexity index is 2660. The van der Waals surface area contributed by atoms with E-state index in [0.717, 1.165) is 66.8 Å². The monoisotopic (exact) mass is 1190 g/mol. The standard InChI is InChI=1S/C73H108O13/c1-65(2,3)49-33-45(34-50(61(49)78)66(4,5)6)25-29-57(74)82-41-73(42-83-58(75)30-26-46-35-51(67(7,8)9)62(79)52(36-46)68(10,11)12,43-84-59(76)31-27-47-37-53(69(13,14)15)63(80)54(38-47)70(16,17)18)86-44-85-60(77)32-28-48-39-55(71(19,20)21)64(81)56(40-48)72(22,23)24/h33-40,78-81H,25-32,41-44H2,1-24H3. The van der Waals surface area contributed by atoms with Gasteiger partial charge in [0, 0.05) is 25.7 Å². The lowest BCUT2D eigenvalue weighted by molar-refractivity contribution is -0.214. The molecule has 0 aliphatic heterocycles. The van der Waals surface area contributed by atoms with E-state index in [0.29, 0.717) is 0 Å². The minimum Gasteiger partial charge on any atom is -0.507 e. The summed E-state index contributed by atoms with van der Waals surface area (Å²) in [5.41, 5.74) is 4.17. The van der Waals surface area contributed by atoms with Crippen molar-refractivity contribution >= 4 is 23.9 Å². The van der Waals surface area contributed by atoms with Crippen molar-refractivity contribution in [3.05, 3.63) is 115 Å². The molecule has 0 fully saturated rings. The highest BCUT2D eigenvalue weighted by Crippen LogP contribution is 2.44. The molecule has 0 bridgehead atoms. The Kier molecular flexibility index (Phi) is 22.8. The van der Waals surface area contributed by atoms with Crippen LogP contribution in [0.15, 0.2) is 48.5 Å². The van der Waals surface area contributed by atoms with Crippen LogP contribution in [0, 0.1) is 0 Å². The van der Waals surface area contributed by atoms with Crippen molar-refractivity contribution in [1.82, 2.24) is 0 Å². The number of carbonyl (C=O) groups is 4. The summed E-state index contributed by atoms with van der Waals surface area (Å²) in [7, 11) is 0. The number of ether oxygens (including phenoxy) is 5. The molecule has 0 amide bonds. The third-order valence-corrected chi connectivity index (χ3v) is 15.7. The summed E-state index contributed by atoms with van der Waals surface area (Å²) in [5, 5.41) is 45.6.